The van der Waals surface area contributed by atoms with E-state index in [9.17, 15) is 9.59 Å². The molecule has 0 spiro atoms. The third-order valence-electron chi connectivity index (χ3n) is 3.34. The van der Waals surface area contributed by atoms with Gasteiger partial charge in [0, 0.05) is 28.4 Å². The number of halogens is 1. The second-order valence-corrected chi connectivity index (χ2v) is 7.01. The summed E-state index contributed by atoms with van der Waals surface area (Å²) in [7, 11) is 0. The molecule has 1 amide bonds. The Labute approximate surface area is 152 Å². The van der Waals surface area contributed by atoms with E-state index in [0.717, 1.165) is 0 Å². The van der Waals surface area contributed by atoms with Gasteiger partial charge >= 0.3 is 6.09 Å². The predicted octanol–water partition coefficient (Wildman–Crippen LogP) is 4.18. The Kier molecular flexibility index (Phi) is 5.69. The minimum atomic E-state index is -0.589. The number of nitrogens with one attached hydrogen (secondary N) is 1. The zero-order valence-electron chi connectivity index (χ0n) is 14.4. The first-order valence-corrected chi connectivity index (χ1v) is 8.19. The first kappa shape index (κ1) is 18.8. The quantitative estimate of drug-likeness (QED) is 0.633. The molecule has 0 radical (unpaired) electrons. The monoisotopic (exact) mass is 360 g/mol. The van der Waals surface area contributed by atoms with Gasteiger partial charge in [0.2, 0.25) is 0 Å². The molecule has 0 fully saturated rings. The summed E-state index contributed by atoms with van der Waals surface area (Å²) in [5.74, 6) is -0.249. The van der Waals surface area contributed by atoms with E-state index in [4.69, 9.17) is 22.1 Å². The van der Waals surface area contributed by atoms with Gasteiger partial charge in [-0.3, -0.25) is 4.79 Å². The van der Waals surface area contributed by atoms with Gasteiger partial charge in [0.25, 0.3) is 0 Å². The molecule has 0 atom stereocenters. The normalized spacial score (nSPS) is 11.0. The molecule has 25 heavy (non-hydrogen) atoms. The Bertz CT molecular complexity index is 797. The van der Waals surface area contributed by atoms with Crippen LogP contribution in [-0.2, 0) is 11.3 Å². The fourth-order valence-electron chi connectivity index (χ4n) is 2.25. The van der Waals surface area contributed by atoms with Crippen LogP contribution in [0.25, 0.3) is 0 Å². The number of ketones is 1. The van der Waals surface area contributed by atoms with E-state index < -0.39 is 11.7 Å². The number of hydrogen-bond donors (Lipinski definition) is 2. The first-order chi connectivity index (χ1) is 11.7. The molecule has 3 N–H and O–H groups in total. The van der Waals surface area contributed by atoms with E-state index in [1.807, 2.05) is 0 Å². The Hall–Kier alpha value is -2.53. The lowest BCUT2D eigenvalue weighted by molar-refractivity contribution is 0.0523. The van der Waals surface area contributed by atoms with Gasteiger partial charge in [0.15, 0.2) is 5.78 Å². The molecule has 2 aromatic rings. The third kappa shape index (κ3) is 5.22. The second-order valence-electron chi connectivity index (χ2n) is 6.57. The van der Waals surface area contributed by atoms with Gasteiger partial charge in [-0.15, -0.1) is 0 Å². The molecule has 0 aliphatic heterocycles. The number of alkyl carbamates (subject to hydrolysis) is 1. The molecule has 0 aliphatic carbocycles. The zero-order chi connectivity index (χ0) is 18.6. The first-order valence-electron chi connectivity index (χ1n) is 7.82. The molecule has 132 valence electrons. The van der Waals surface area contributed by atoms with E-state index >= 15 is 0 Å². The number of nitrogens with two attached hydrogens (primary N) is 1. The largest absolute Gasteiger partial charge is 0.444 e. The second kappa shape index (κ2) is 7.57. The van der Waals surface area contributed by atoms with Gasteiger partial charge in [-0.05, 0) is 44.5 Å². The van der Waals surface area contributed by atoms with Gasteiger partial charge in [0.1, 0.15) is 5.60 Å². The van der Waals surface area contributed by atoms with Gasteiger partial charge in [0.05, 0.1) is 0 Å². The summed E-state index contributed by atoms with van der Waals surface area (Å²) in [5, 5.41) is 3.09. The smallest absolute Gasteiger partial charge is 0.407 e. The molecule has 6 heteroatoms. The Morgan fingerprint density at radius 1 is 1.12 bits per heavy atom. The van der Waals surface area contributed by atoms with Crippen LogP contribution < -0.4 is 11.1 Å². The van der Waals surface area contributed by atoms with Gasteiger partial charge in [-0.1, -0.05) is 35.9 Å². The van der Waals surface area contributed by atoms with Crippen molar-refractivity contribution in [3.63, 3.8) is 0 Å². The number of ether oxygens (including phenoxy) is 1. The summed E-state index contributed by atoms with van der Waals surface area (Å²) in [6.45, 7) is 5.52. The van der Waals surface area contributed by atoms with Gasteiger partial charge < -0.3 is 15.8 Å². The average Bonchev–Trinajstić information content (AvgIpc) is 2.53. The maximum Gasteiger partial charge on any atom is 0.407 e. The molecule has 5 nitrogen and oxygen atoms in total. The molecule has 0 aliphatic rings. The highest BCUT2D eigenvalue weighted by molar-refractivity contribution is 6.31. The molecule has 2 aromatic carbocycles. The lowest BCUT2D eigenvalue weighted by atomic mass is 9.97. The number of rotatable bonds is 4. The third-order valence-corrected chi connectivity index (χ3v) is 3.58. The summed E-state index contributed by atoms with van der Waals surface area (Å²) in [5.41, 5.74) is 7.11. The fraction of sp³-hybridized carbons (Fsp3) is 0.263. The topological polar surface area (TPSA) is 81.4 Å². The SMILES string of the molecule is CC(C)(C)OC(=O)NCc1ccccc1C(=O)c1cc(Cl)ccc1N. The van der Waals surface area contributed by atoms with Crippen molar-refractivity contribution in [1.82, 2.24) is 5.32 Å². The number of hydrogen-bond acceptors (Lipinski definition) is 4. The average molecular weight is 361 g/mol. The van der Waals surface area contributed by atoms with Crippen LogP contribution in [-0.4, -0.2) is 17.5 Å². The zero-order valence-corrected chi connectivity index (χ0v) is 15.2. The molecule has 0 aromatic heterocycles. The minimum Gasteiger partial charge on any atom is -0.444 e. The van der Waals surface area contributed by atoms with E-state index in [1.54, 1.807) is 57.2 Å². The van der Waals surface area contributed by atoms with E-state index in [2.05, 4.69) is 5.32 Å². The molecule has 0 heterocycles. The summed E-state index contributed by atoms with van der Waals surface area (Å²) < 4.78 is 5.21. The molecule has 0 saturated carbocycles. The number of nitrogen functional groups attached to an aromatic ring is 1. The van der Waals surface area contributed by atoms with Crippen molar-refractivity contribution in [2.45, 2.75) is 32.9 Å². The highest BCUT2D eigenvalue weighted by Crippen LogP contribution is 2.23. The summed E-state index contributed by atoms with van der Waals surface area (Å²) in [4.78, 5) is 24.7. The highest BCUT2D eigenvalue weighted by Gasteiger charge is 2.19. The van der Waals surface area contributed by atoms with Crippen LogP contribution in [0.3, 0.4) is 0 Å². The van der Waals surface area contributed by atoms with E-state index in [0.29, 0.717) is 27.4 Å². The minimum absolute atomic E-state index is 0.164. The van der Waals surface area contributed by atoms with Gasteiger partial charge in [-0.25, -0.2) is 4.79 Å². The fourth-order valence-corrected chi connectivity index (χ4v) is 2.42. The number of carbonyl (C=O) groups excluding carboxylic acids is 2. The van der Waals surface area contributed by atoms with Crippen LogP contribution in [0.4, 0.5) is 10.5 Å². The summed E-state index contributed by atoms with van der Waals surface area (Å²) in [6, 6.07) is 11.8. The van der Waals surface area contributed by atoms with Crippen LogP contribution in [0.5, 0.6) is 0 Å². The molecular formula is C19H21ClN2O3. The maximum atomic E-state index is 12.8. The van der Waals surface area contributed by atoms with Crippen LogP contribution in [0.15, 0.2) is 42.5 Å². The Morgan fingerprint density at radius 2 is 1.80 bits per heavy atom. The van der Waals surface area contributed by atoms with Crippen molar-refractivity contribution in [2.75, 3.05) is 5.73 Å². The molecule has 2 rings (SSSR count). The van der Waals surface area contributed by atoms with Crippen molar-refractivity contribution >= 4 is 29.2 Å². The van der Waals surface area contributed by atoms with Crippen molar-refractivity contribution in [3.05, 3.63) is 64.2 Å². The Balaban J connectivity index is 2.22. The summed E-state index contributed by atoms with van der Waals surface area (Å²) in [6.07, 6.45) is -0.544. The van der Waals surface area contributed by atoms with Crippen molar-refractivity contribution < 1.29 is 14.3 Å². The molecule has 0 unspecified atom stereocenters. The number of carbonyl (C=O) groups is 2. The van der Waals surface area contributed by atoms with Crippen LogP contribution in [0.2, 0.25) is 5.02 Å². The number of benzene rings is 2. The van der Waals surface area contributed by atoms with E-state index in [1.165, 1.54) is 6.07 Å². The van der Waals surface area contributed by atoms with Crippen molar-refractivity contribution in [3.8, 4) is 0 Å². The summed E-state index contributed by atoms with van der Waals surface area (Å²) >= 11 is 5.97. The Morgan fingerprint density at radius 3 is 2.48 bits per heavy atom. The van der Waals surface area contributed by atoms with E-state index in [-0.39, 0.29) is 12.3 Å². The molecule has 0 bridgehead atoms. The van der Waals surface area contributed by atoms with Gasteiger partial charge in [-0.2, -0.15) is 0 Å². The van der Waals surface area contributed by atoms with Crippen molar-refractivity contribution in [1.29, 1.82) is 0 Å². The maximum absolute atomic E-state index is 12.8. The predicted molar refractivity (Wildman–Crippen MR) is 98.8 cm³/mol. The lowest BCUT2D eigenvalue weighted by Gasteiger charge is -2.20. The van der Waals surface area contributed by atoms with Crippen molar-refractivity contribution in [2.24, 2.45) is 0 Å². The van der Waals surface area contributed by atoms with Crippen LogP contribution >= 0.6 is 11.6 Å². The van der Waals surface area contributed by atoms with Crippen LogP contribution in [0.1, 0.15) is 42.3 Å². The standard InChI is InChI=1S/C19H21ClN2O3/c1-19(2,3)25-18(24)22-11-12-6-4-5-7-14(12)17(23)15-10-13(20)8-9-16(15)21/h4-10H,11,21H2,1-3H3,(H,22,24). The number of amides is 1. The number of anilines is 1. The van der Waals surface area contributed by atoms with Crippen LogP contribution in [0, 0.1) is 0 Å². The molecular weight excluding hydrogens is 340 g/mol. The highest BCUT2D eigenvalue weighted by atomic mass is 35.5. The lowest BCUT2D eigenvalue weighted by Crippen LogP contribution is -2.32. The molecule has 0 saturated heterocycles.